The molecule has 0 aliphatic carbocycles. The van der Waals surface area contributed by atoms with Gasteiger partial charge in [-0.2, -0.15) is 0 Å². The minimum absolute atomic E-state index is 0.224. The average Bonchev–Trinajstić information content (AvgIpc) is 2.37. The lowest BCUT2D eigenvalue weighted by molar-refractivity contribution is 0.602. The minimum atomic E-state index is -3.19. The third-order valence-electron chi connectivity index (χ3n) is 3.14. The molecule has 0 radical (unpaired) electrons. The van der Waals surface area contributed by atoms with Crippen LogP contribution in [0.1, 0.15) is 18.2 Å². The summed E-state index contributed by atoms with van der Waals surface area (Å²) >= 11 is 0. The van der Waals surface area contributed by atoms with Gasteiger partial charge in [0.2, 0.25) is 5.95 Å². The molecular formula is C14H17N3O2S. The number of rotatable bonds is 3. The van der Waals surface area contributed by atoms with Gasteiger partial charge in [-0.3, -0.25) is 0 Å². The summed E-state index contributed by atoms with van der Waals surface area (Å²) in [7, 11) is -3.19. The van der Waals surface area contributed by atoms with Crippen LogP contribution in [-0.2, 0) is 16.3 Å². The maximum absolute atomic E-state index is 11.5. The van der Waals surface area contributed by atoms with E-state index in [0.29, 0.717) is 0 Å². The summed E-state index contributed by atoms with van der Waals surface area (Å²) in [5.74, 6) is 0.224. The Hall–Kier alpha value is -1.95. The van der Waals surface area contributed by atoms with Crippen LogP contribution in [0.3, 0.4) is 0 Å². The second kappa shape index (κ2) is 5.20. The Kier molecular flexibility index (Phi) is 3.76. The van der Waals surface area contributed by atoms with Crippen LogP contribution in [0.4, 0.5) is 5.95 Å². The van der Waals surface area contributed by atoms with E-state index in [1.165, 1.54) is 6.26 Å². The predicted molar refractivity (Wildman–Crippen MR) is 79.1 cm³/mol. The zero-order valence-corrected chi connectivity index (χ0v) is 12.5. The van der Waals surface area contributed by atoms with E-state index in [1.54, 1.807) is 24.3 Å². The molecule has 0 bridgehead atoms. The molecule has 1 aromatic carbocycles. The van der Waals surface area contributed by atoms with Crippen molar-refractivity contribution in [2.24, 2.45) is 0 Å². The lowest BCUT2D eigenvalue weighted by Crippen LogP contribution is -2.04. The summed E-state index contributed by atoms with van der Waals surface area (Å²) in [6.07, 6.45) is 1.97. The number of nitrogen functional groups attached to an aromatic ring is 1. The van der Waals surface area contributed by atoms with Crippen molar-refractivity contribution in [1.29, 1.82) is 0 Å². The molecule has 2 N–H and O–H groups in total. The van der Waals surface area contributed by atoms with Crippen molar-refractivity contribution in [1.82, 2.24) is 9.97 Å². The first-order chi connectivity index (χ1) is 9.32. The largest absolute Gasteiger partial charge is 0.368 e. The molecule has 0 unspecified atom stereocenters. The molecule has 1 aromatic heterocycles. The lowest BCUT2D eigenvalue weighted by Gasteiger charge is -2.11. The summed E-state index contributed by atoms with van der Waals surface area (Å²) in [5.41, 5.74) is 9.17. The molecule has 5 nitrogen and oxygen atoms in total. The van der Waals surface area contributed by atoms with Gasteiger partial charge < -0.3 is 5.73 Å². The number of aromatic nitrogens is 2. The first-order valence-corrected chi connectivity index (χ1v) is 8.15. The maximum Gasteiger partial charge on any atom is 0.220 e. The topological polar surface area (TPSA) is 85.9 Å². The number of nitrogens with zero attached hydrogens (tertiary/aromatic N) is 2. The van der Waals surface area contributed by atoms with Crippen LogP contribution in [-0.4, -0.2) is 24.6 Å². The summed E-state index contributed by atoms with van der Waals surface area (Å²) < 4.78 is 22.9. The number of nitrogens with two attached hydrogens (primary N) is 1. The molecule has 2 rings (SSSR count). The fourth-order valence-electron chi connectivity index (χ4n) is 2.14. The second-order valence-corrected chi connectivity index (χ2v) is 6.66. The SMILES string of the molecule is CCc1c(C)nc(N)nc1-c1ccc(S(C)(=O)=O)cc1. The third kappa shape index (κ3) is 2.80. The summed E-state index contributed by atoms with van der Waals surface area (Å²) in [6.45, 7) is 3.92. The van der Waals surface area contributed by atoms with E-state index in [4.69, 9.17) is 5.73 Å². The Balaban J connectivity index is 2.57. The van der Waals surface area contributed by atoms with Crippen LogP contribution in [0.5, 0.6) is 0 Å². The van der Waals surface area contributed by atoms with E-state index in [2.05, 4.69) is 9.97 Å². The van der Waals surface area contributed by atoms with Gasteiger partial charge in [0.15, 0.2) is 9.84 Å². The van der Waals surface area contributed by atoms with E-state index < -0.39 is 9.84 Å². The first kappa shape index (κ1) is 14.5. The van der Waals surface area contributed by atoms with Crippen LogP contribution in [0.2, 0.25) is 0 Å². The summed E-state index contributed by atoms with van der Waals surface area (Å²) in [6, 6.07) is 6.66. The Morgan fingerprint density at radius 1 is 1.15 bits per heavy atom. The van der Waals surface area contributed by atoms with Crippen molar-refractivity contribution >= 4 is 15.8 Å². The van der Waals surface area contributed by atoms with E-state index in [0.717, 1.165) is 28.9 Å². The van der Waals surface area contributed by atoms with Gasteiger partial charge in [0.05, 0.1) is 10.6 Å². The number of benzene rings is 1. The molecule has 106 valence electrons. The molecule has 20 heavy (non-hydrogen) atoms. The molecule has 0 aliphatic rings. The molecule has 0 aliphatic heterocycles. The van der Waals surface area contributed by atoms with Gasteiger partial charge in [0.1, 0.15) is 0 Å². The van der Waals surface area contributed by atoms with Gasteiger partial charge in [-0.1, -0.05) is 19.1 Å². The Labute approximate surface area is 118 Å². The van der Waals surface area contributed by atoms with Crippen molar-refractivity contribution in [3.05, 3.63) is 35.5 Å². The van der Waals surface area contributed by atoms with Gasteiger partial charge >= 0.3 is 0 Å². The highest BCUT2D eigenvalue weighted by Gasteiger charge is 2.12. The van der Waals surface area contributed by atoms with Gasteiger partial charge in [0, 0.05) is 17.5 Å². The van der Waals surface area contributed by atoms with Crippen LogP contribution in [0, 0.1) is 6.92 Å². The van der Waals surface area contributed by atoms with Gasteiger partial charge in [-0.05, 0) is 31.0 Å². The summed E-state index contributed by atoms with van der Waals surface area (Å²) in [4.78, 5) is 8.73. The molecule has 0 amide bonds. The highest BCUT2D eigenvalue weighted by Crippen LogP contribution is 2.25. The van der Waals surface area contributed by atoms with Crippen molar-refractivity contribution in [2.75, 3.05) is 12.0 Å². The predicted octanol–water partition coefficient (Wildman–Crippen LogP) is 2.00. The first-order valence-electron chi connectivity index (χ1n) is 6.26. The molecular weight excluding hydrogens is 274 g/mol. The van der Waals surface area contributed by atoms with Crippen LogP contribution >= 0.6 is 0 Å². The molecule has 0 saturated carbocycles. The van der Waals surface area contributed by atoms with Crippen molar-refractivity contribution in [2.45, 2.75) is 25.2 Å². The van der Waals surface area contributed by atoms with Crippen LogP contribution < -0.4 is 5.73 Å². The van der Waals surface area contributed by atoms with Crippen molar-refractivity contribution < 1.29 is 8.42 Å². The van der Waals surface area contributed by atoms with Gasteiger partial charge in [-0.15, -0.1) is 0 Å². The van der Waals surface area contributed by atoms with Crippen molar-refractivity contribution in [3.8, 4) is 11.3 Å². The average molecular weight is 291 g/mol. The van der Waals surface area contributed by atoms with E-state index in [-0.39, 0.29) is 10.8 Å². The molecule has 6 heteroatoms. The minimum Gasteiger partial charge on any atom is -0.368 e. The number of aryl methyl sites for hydroxylation is 1. The highest BCUT2D eigenvalue weighted by molar-refractivity contribution is 7.90. The fraction of sp³-hybridized carbons (Fsp3) is 0.286. The van der Waals surface area contributed by atoms with Crippen LogP contribution in [0.25, 0.3) is 11.3 Å². The highest BCUT2D eigenvalue weighted by atomic mass is 32.2. The Bertz CT molecular complexity index is 738. The third-order valence-corrected chi connectivity index (χ3v) is 4.27. The molecule has 2 aromatic rings. The maximum atomic E-state index is 11.5. The summed E-state index contributed by atoms with van der Waals surface area (Å²) in [5, 5.41) is 0. The van der Waals surface area contributed by atoms with E-state index >= 15 is 0 Å². The Morgan fingerprint density at radius 2 is 1.75 bits per heavy atom. The molecule has 0 fully saturated rings. The number of hydrogen-bond acceptors (Lipinski definition) is 5. The number of anilines is 1. The molecule has 0 saturated heterocycles. The standard InChI is InChI=1S/C14H17N3O2S/c1-4-12-9(2)16-14(15)17-13(12)10-5-7-11(8-6-10)20(3,18)19/h5-8H,4H2,1-3H3,(H2,15,16,17). The smallest absolute Gasteiger partial charge is 0.220 e. The van der Waals surface area contributed by atoms with E-state index in [9.17, 15) is 8.42 Å². The zero-order valence-electron chi connectivity index (χ0n) is 11.7. The number of hydrogen-bond donors (Lipinski definition) is 1. The van der Waals surface area contributed by atoms with E-state index in [1.807, 2.05) is 13.8 Å². The molecule has 1 heterocycles. The van der Waals surface area contributed by atoms with Gasteiger partial charge in [0.25, 0.3) is 0 Å². The van der Waals surface area contributed by atoms with Crippen molar-refractivity contribution in [3.63, 3.8) is 0 Å². The van der Waals surface area contributed by atoms with Gasteiger partial charge in [-0.25, -0.2) is 18.4 Å². The Morgan fingerprint density at radius 3 is 2.25 bits per heavy atom. The van der Waals surface area contributed by atoms with Crippen LogP contribution in [0.15, 0.2) is 29.2 Å². The monoisotopic (exact) mass is 291 g/mol. The lowest BCUT2D eigenvalue weighted by atomic mass is 10.0. The quantitative estimate of drug-likeness (QED) is 0.934. The second-order valence-electron chi connectivity index (χ2n) is 4.64. The normalized spacial score (nSPS) is 11.6. The number of sulfone groups is 1. The fourth-order valence-corrected chi connectivity index (χ4v) is 2.77. The molecule has 0 spiro atoms. The molecule has 0 atom stereocenters. The zero-order chi connectivity index (χ0) is 14.9.